The summed E-state index contributed by atoms with van der Waals surface area (Å²) in [6.45, 7) is 4.88. The maximum absolute atomic E-state index is 14.3. The SMILES string of the molecule is C=CCCC1CCC(COC2CCC(c3ccc(OC)c(F)c3F)CO2)CC1. The Labute approximate surface area is 167 Å². The molecule has 5 heteroatoms. The van der Waals surface area contributed by atoms with Gasteiger partial charge >= 0.3 is 0 Å². The molecule has 2 unspecified atom stereocenters. The van der Waals surface area contributed by atoms with E-state index in [-0.39, 0.29) is 18.0 Å². The van der Waals surface area contributed by atoms with Crippen LogP contribution in [0.3, 0.4) is 0 Å². The first-order valence-corrected chi connectivity index (χ1v) is 10.5. The first kappa shape index (κ1) is 21.3. The smallest absolute Gasteiger partial charge is 0.200 e. The Morgan fingerprint density at radius 3 is 2.46 bits per heavy atom. The van der Waals surface area contributed by atoms with E-state index in [1.165, 1.54) is 45.3 Å². The second-order valence-corrected chi connectivity index (χ2v) is 8.11. The molecule has 1 aromatic rings. The van der Waals surface area contributed by atoms with Gasteiger partial charge in [0.2, 0.25) is 5.82 Å². The van der Waals surface area contributed by atoms with Crippen LogP contribution in [-0.2, 0) is 9.47 Å². The molecule has 2 aliphatic rings. The topological polar surface area (TPSA) is 27.7 Å². The van der Waals surface area contributed by atoms with Gasteiger partial charge in [-0.3, -0.25) is 0 Å². The van der Waals surface area contributed by atoms with Gasteiger partial charge in [-0.25, -0.2) is 4.39 Å². The molecule has 0 spiro atoms. The summed E-state index contributed by atoms with van der Waals surface area (Å²) in [5.74, 6) is -0.545. The molecule has 0 amide bonds. The second kappa shape index (κ2) is 10.4. The van der Waals surface area contributed by atoms with Crippen LogP contribution in [-0.4, -0.2) is 26.6 Å². The fourth-order valence-electron chi connectivity index (χ4n) is 4.41. The summed E-state index contributed by atoms with van der Waals surface area (Å²) in [4.78, 5) is 0. The van der Waals surface area contributed by atoms with E-state index >= 15 is 0 Å². The molecule has 3 nitrogen and oxygen atoms in total. The molecule has 1 aromatic carbocycles. The number of halogens is 2. The zero-order chi connectivity index (χ0) is 19.9. The van der Waals surface area contributed by atoms with Crippen LogP contribution in [0.4, 0.5) is 8.78 Å². The van der Waals surface area contributed by atoms with Crippen LogP contribution in [0.2, 0.25) is 0 Å². The average molecular weight is 395 g/mol. The molecule has 1 saturated heterocycles. The van der Waals surface area contributed by atoms with Gasteiger partial charge in [-0.15, -0.1) is 6.58 Å². The fraction of sp³-hybridized carbons (Fsp3) is 0.652. The lowest BCUT2D eigenvalue weighted by molar-refractivity contribution is -0.175. The molecular formula is C23H32F2O3. The molecule has 1 saturated carbocycles. The molecule has 28 heavy (non-hydrogen) atoms. The van der Waals surface area contributed by atoms with E-state index in [9.17, 15) is 8.78 Å². The van der Waals surface area contributed by atoms with Crippen LogP contribution in [0.15, 0.2) is 24.8 Å². The van der Waals surface area contributed by atoms with Gasteiger partial charge in [-0.2, -0.15) is 4.39 Å². The van der Waals surface area contributed by atoms with Gasteiger partial charge in [0, 0.05) is 5.92 Å². The highest BCUT2D eigenvalue weighted by Crippen LogP contribution is 2.35. The van der Waals surface area contributed by atoms with E-state index in [0.717, 1.165) is 25.4 Å². The van der Waals surface area contributed by atoms with E-state index < -0.39 is 11.6 Å². The standard InChI is InChI=1S/C23H32F2O3/c1-3-4-5-16-6-8-17(9-7-16)14-27-21-13-10-18(15-28-21)19-11-12-20(26-2)23(25)22(19)24/h3,11-12,16-18,21H,1,4-10,13-15H2,2H3. The first-order valence-electron chi connectivity index (χ1n) is 10.5. The number of rotatable bonds is 8. The van der Waals surface area contributed by atoms with Gasteiger partial charge < -0.3 is 14.2 Å². The van der Waals surface area contributed by atoms with Crippen molar-refractivity contribution in [3.8, 4) is 5.75 Å². The van der Waals surface area contributed by atoms with E-state index in [1.54, 1.807) is 6.07 Å². The van der Waals surface area contributed by atoms with Crippen molar-refractivity contribution in [2.24, 2.45) is 11.8 Å². The molecule has 1 aliphatic heterocycles. The number of benzene rings is 1. The van der Waals surface area contributed by atoms with Crippen molar-refractivity contribution in [2.45, 2.75) is 63.6 Å². The summed E-state index contributed by atoms with van der Waals surface area (Å²) >= 11 is 0. The summed E-state index contributed by atoms with van der Waals surface area (Å²) < 4.78 is 44.9. The number of allylic oxidation sites excluding steroid dienone is 1. The average Bonchev–Trinajstić information content (AvgIpc) is 2.74. The summed E-state index contributed by atoms with van der Waals surface area (Å²) in [6.07, 6.45) is 10.6. The molecule has 2 atom stereocenters. The van der Waals surface area contributed by atoms with Gasteiger partial charge in [0.05, 0.1) is 20.3 Å². The molecule has 0 aromatic heterocycles. The van der Waals surface area contributed by atoms with Crippen LogP contribution in [0.25, 0.3) is 0 Å². The molecule has 0 N–H and O–H groups in total. The third kappa shape index (κ3) is 5.32. The van der Waals surface area contributed by atoms with Crippen LogP contribution in [0, 0.1) is 23.5 Å². The summed E-state index contributed by atoms with van der Waals surface area (Å²) in [6, 6.07) is 3.07. The first-order chi connectivity index (χ1) is 13.6. The minimum atomic E-state index is -0.929. The van der Waals surface area contributed by atoms with Gasteiger partial charge in [0.1, 0.15) is 0 Å². The van der Waals surface area contributed by atoms with E-state index in [4.69, 9.17) is 14.2 Å². The number of ether oxygens (including phenoxy) is 3. The minimum absolute atomic E-state index is 0.0709. The Morgan fingerprint density at radius 2 is 1.82 bits per heavy atom. The van der Waals surface area contributed by atoms with Crippen molar-refractivity contribution in [3.63, 3.8) is 0 Å². The summed E-state index contributed by atoms with van der Waals surface area (Å²) in [7, 11) is 1.33. The van der Waals surface area contributed by atoms with Crippen LogP contribution >= 0.6 is 0 Å². The highest BCUT2D eigenvalue weighted by atomic mass is 19.2. The summed E-state index contributed by atoms with van der Waals surface area (Å²) in [5.41, 5.74) is 0.356. The van der Waals surface area contributed by atoms with Gasteiger partial charge in [0.25, 0.3) is 0 Å². The van der Waals surface area contributed by atoms with Gasteiger partial charge in [0.15, 0.2) is 17.9 Å². The Bertz CT molecular complexity index is 633. The van der Waals surface area contributed by atoms with Crippen molar-refractivity contribution < 1.29 is 23.0 Å². The third-order valence-corrected chi connectivity index (χ3v) is 6.23. The minimum Gasteiger partial charge on any atom is -0.494 e. The zero-order valence-electron chi connectivity index (χ0n) is 16.8. The Morgan fingerprint density at radius 1 is 1.07 bits per heavy atom. The number of hydrogen-bond acceptors (Lipinski definition) is 3. The lowest BCUT2D eigenvalue weighted by atomic mass is 9.80. The van der Waals surface area contributed by atoms with Crippen molar-refractivity contribution in [3.05, 3.63) is 42.0 Å². The van der Waals surface area contributed by atoms with Crippen molar-refractivity contribution in [1.82, 2.24) is 0 Å². The van der Waals surface area contributed by atoms with Crippen molar-refractivity contribution in [1.29, 1.82) is 0 Å². The molecule has 3 rings (SSSR count). The highest BCUT2D eigenvalue weighted by Gasteiger charge is 2.28. The van der Waals surface area contributed by atoms with Crippen LogP contribution < -0.4 is 4.74 Å². The molecule has 2 fully saturated rings. The van der Waals surface area contributed by atoms with Crippen molar-refractivity contribution in [2.75, 3.05) is 20.3 Å². The summed E-state index contributed by atoms with van der Waals surface area (Å²) in [5, 5.41) is 0. The molecule has 0 radical (unpaired) electrons. The maximum Gasteiger partial charge on any atom is 0.200 e. The fourth-order valence-corrected chi connectivity index (χ4v) is 4.41. The van der Waals surface area contributed by atoms with E-state index in [2.05, 4.69) is 6.58 Å². The van der Waals surface area contributed by atoms with Gasteiger partial charge in [-0.1, -0.05) is 25.0 Å². The predicted molar refractivity (Wildman–Crippen MR) is 105 cm³/mol. The molecular weight excluding hydrogens is 362 g/mol. The normalized spacial score (nSPS) is 28.1. The highest BCUT2D eigenvalue weighted by molar-refractivity contribution is 5.33. The Hall–Kier alpha value is -1.46. The lowest BCUT2D eigenvalue weighted by Gasteiger charge is -2.32. The monoisotopic (exact) mass is 394 g/mol. The molecule has 1 aliphatic carbocycles. The number of hydrogen-bond donors (Lipinski definition) is 0. The maximum atomic E-state index is 14.3. The lowest BCUT2D eigenvalue weighted by Crippen LogP contribution is -2.30. The molecule has 1 heterocycles. The van der Waals surface area contributed by atoms with E-state index in [1.807, 2.05) is 6.08 Å². The van der Waals surface area contributed by atoms with E-state index in [0.29, 0.717) is 24.5 Å². The predicted octanol–water partition coefficient (Wildman–Crippen LogP) is 5.98. The largest absolute Gasteiger partial charge is 0.494 e. The molecule has 156 valence electrons. The van der Waals surface area contributed by atoms with Crippen molar-refractivity contribution >= 4 is 0 Å². The molecule has 0 bridgehead atoms. The van der Waals surface area contributed by atoms with Crippen LogP contribution in [0.5, 0.6) is 5.75 Å². The second-order valence-electron chi connectivity index (χ2n) is 8.11. The van der Waals surface area contributed by atoms with Gasteiger partial charge in [-0.05, 0) is 62.0 Å². The quantitative estimate of drug-likeness (QED) is 0.508. The number of methoxy groups -OCH3 is 1. The zero-order valence-corrected chi connectivity index (χ0v) is 16.8. The Balaban J connectivity index is 1.40. The van der Waals surface area contributed by atoms with Crippen LogP contribution in [0.1, 0.15) is 62.8 Å². The Kier molecular flexibility index (Phi) is 7.86. The third-order valence-electron chi connectivity index (χ3n) is 6.23.